The number of halogens is 6. The number of benzene rings is 1. The van der Waals surface area contributed by atoms with E-state index < -0.39 is 35.2 Å². The molecule has 0 aliphatic heterocycles. The van der Waals surface area contributed by atoms with E-state index in [1.54, 1.807) is 6.33 Å². The zero-order valence-corrected chi connectivity index (χ0v) is 12.7. The highest BCUT2D eigenvalue weighted by Gasteiger charge is 2.55. The second-order valence-corrected chi connectivity index (χ2v) is 7.51. The highest BCUT2D eigenvalue weighted by molar-refractivity contribution is 8.05. The minimum absolute atomic E-state index is 0.493. The molecule has 1 heterocycles. The lowest BCUT2D eigenvalue weighted by molar-refractivity contribution is -0.0476. The minimum atomic E-state index is -6.60. The average molecular weight is 399 g/mol. The maximum atomic E-state index is 11.5. The number of hydrogen-bond donors (Lipinski definition) is 2. The fourth-order valence-corrected chi connectivity index (χ4v) is 3.03. The van der Waals surface area contributed by atoms with Crippen LogP contribution in [0.3, 0.4) is 0 Å². The van der Waals surface area contributed by atoms with Crippen molar-refractivity contribution in [1.82, 2.24) is 14.1 Å². The number of rotatable bonds is 2. The third-order valence-corrected chi connectivity index (χ3v) is 5.13. The smallest absolute Gasteiger partial charge is 0.345 e. The van der Waals surface area contributed by atoms with Crippen LogP contribution in [-0.4, -0.2) is 37.8 Å². The molecule has 0 atom stereocenters. The van der Waals surface area contributed by atoms with Gasteiger partial charge in [0.25, 0.3) is 0 Å². The predicted octanol–water partition coefficient (Wildman–Crippen LogP) is 1.84. The van der Waals surface area contributed by atoms with Gasteiger partial charge in [-0.2, -0.15) is 26.3 Å². The monoisotopic (exact) mass is 399 g/mol. The Morgan fingerprint density at radius 3 is 1.75 bits per heavy atom. The van der Waals surface area contributed by atoms with Crippen molar-refractivity contribution >= 4 is 31.1 Å². The molecular formula is C9H7F6N3O4S2. The Labute approximate surface area is 130 Å². The molecule has 0 spiro atoms. The molecule has 24 heavy (non-hydrogen) atoms. The Kier molecular flexibility index (Phi) is 5.51. The first-order valence-corrected chi connectivity index (χ1v) is 8.43. The second kappa shape index (κ2) is 6.56. The van der Waals surface area contributed by atoms with Gasteiger partial charge in [0, 0.05) is 0 Å². The summed E-state index contributed by atoms with van der Waals surface area (Å²) in [5, 5.41) is 0. The molecule has 0 saturated heterocycles. The van der Waals surface area contributed by atoms with Crippen molar-refractivity contribution in [2.45, 2.75) is 11.0 Å². The minimum Gasteiger partial charge on any atom is -0.345 e. The molecule has 0 aliphatic carbocycles. The Bertz CT molecular complexity index is 829. The van der Waals surface area contributed by atoms with Gasteiger partial charge in [-0.1, -0.05) is 16.3 Å². The molecule has 2 N–H and O–H groups in total. The van der Waals surface area contributed by atoms with Crippen LogP contribution in [0.25, 0.3) is 11.0 Å². The van der Waals surface area contributed by atoms with Crippen LogP contribution in [0.1, 0.15) is 0 Å². The van der Waals surface area contributed by atoms with Gasteiger partial charge in [-0.05, 0) is 12.1 Å². The van der Waals surface area contributed by atoms with E-state index in [9.17, 15) is 43.2 Å². The molecule has 0 unspecified atom stereocenters. The number of sulfonamides is 2. The van der Waals surface area contributed by atoms with Gasteiger partial charge >= 0.3 is 31.1 Å². The molecule has 0 aliphatic rings. The number of H-pyrrole nitrogens is 1. The van der Waals surface area contributed by atoms with Gasteiger partial charge < -0.3 is 4.98 Å². The highest BCUT2D eigenvalue weighted by Crippen LogP contribution is 2.27. The van der Waals surface area contributed by atoms with Gasteiger partial charge in [0.1, 0.15) is 0 Å². The van der Waals surface area contributed by atoms with Gasteiger partial charge in [0.05, 0.1) is 17.4 Å². The summed E-state index contributed by atoms with van der Waals surface area (Å²) in [4.78, 5) is 7.07. The molecule has 0 amide bonds. The van der Waals surface area contributed by atoms with Crippen LogP contribution in [0.4, 0.5) is 26.3 Å². The zero-order chi connectivity index (χ0) is 18.8. The van der Waals surface area contributed by atoms with Gasteiger partial charge in [0.15, 0.2) is 0 Å². The van der Waals surface area contributed by atoms with Crippen LogP contribution in [0, 0.1) is 0 Å². The first-order chi connectivity index (χ1) is 10.7. The van der Waals surface area contributed by atoms with Crippen molar-refractivity contribution in [1.29, 1.82) is 0 Å². The Morgan fingerprint density at radius 2 is 1.33 bits per heavy atom. The Hall–Kier alpha value is -1.87. The van der Waals surface area contributed by atoms with Gasteiger partial charge in [-0.15, -0.1) is 0 Å². The molecule has 1 aromatic carbocycles. The number of aromatic nitrogens is 2. The van der Waals surface area contributed by atoms with Gasteiger partial charge in [0.2, 0.25) is 0 Å². The van der Waals surface area contributed by atoms with Crippen LogP contribution in [0.15, 0.2) is 30.6 Å². The van der Waals surface area contributed by atoms with Crippen LogP contribution < -0.4 is 4.13 Å². The molecule has 2 rings (SSSR count). The number of nitrogens with one attached hydrogen (secondary N) is 2. The van der Waals surface area contributed by atoms with Crippen LogP contribution >= 0.6 is 0 Å². The van der Waals surface area contributed by atoms with Crippen LogP contribution in [0.2, 0.25) is 0 Å². The van der Waals surface area contributed by atoms with Crippen LogP contribution in [-0.2, 0) is 20.0 Å². The quantitative estimate of drug-likeness (QED) is 0.749. The van der Waals surface area contributed by atoms with E-state index in [0.29, 0.717) is 0 Å². The van der Waals surface area contributed by atoms with E-state index in [0.717, 1.165) is 11.0 Å². The summed E-state index contributed by atoms with van der Waals surface area (Å²) in [6, 6.07) is 7.94. The summed E-state index contributed by atoms with van der Waals surface area (Å²) in [5.74, 6) is 0. The van der Waals surface area contributed by atoms with E-state index in [1.807, 2.05) is 24.3 Å². The van der Waals surface area contributed by atoms with Crippen molar-refractivity contribution in [2.75, 3.05) is 0 Å². The molecule has 7 nitrogen and oxygen atoms in total. The van der Waals surface area contributed by atoms with Gasteiger partial charge in [-0.3, -0.25) is 0 Å². The lowest BCUT2D eigenvalue weighted by Crippen LogP contribution is -2.45. The Morgan fingerprint density at radius 1 is 0.875 bits per heavy atom. The topological polar surface area (TPSA) is 109 Å². The van der Waals surface area contributed by atoms with Crippen molar-refractivity contribution in [3.05, 3.63) is 30.6 Å². The maximum Gasteiger partial charge on any atom is 0.512 e. The summed E-state index contributed by atoms with van der Waals surface area (Å²) in [5.41, 5.74) is -10.2. The highest BCUT2D eigenvalue weighted by atomic mass is 32.3. The predicted molar refractivity (Wildman–Crippen MR) is 69.2 cm³/mol. The SMILES string of the molecule is O=S(=O)(NS(=O)(=O)C(F)(F)F)C(F)(F)F.c1ccc2[nH]cnc2c1. The lowest BCUT2D eigenvalue weighted by atomic mass is 10.3. The summed E-state index contributed by atoms with van der Waals surface area (Å²) < 4.78 is 108. The molecule has 15 heteroatoms. The molecule has 136 valence electrons. The molecule has 0 saturated carbocycles. The normalized spacial score (nSPS) is 13.4. The fraction of sp³-hybridized carbons (Fsp3) is 0.222. The van der Waals surface area contributed by atoms with E-state index >= 15 is 0 Å². The van der Waals surface area contributed by atoms with Crippen LogP contribution in [0.5, 0.6) is 0 Å². The molecule has 0 fully saturated rings. The summed E-state index contributed by atoms with van der Waals surface area (Å²) >= 11 is 0. The third kappa shape index (κ3) is 4.81. The maximum absolute atomic E-state index is 11.5. The summed E-state index contributed by atoms with van der Waals surface area (Å²) in [6.07, 6.45) is 1.70. The van der Waals surface area contributed by atoms with Crippen molar-refractivity contribution < 1.29 is 43.2 Å². The standard InChI is InChI=1S/C7H6N2.C2HF6NO4S2/c1-2-4-7-6(3-1)8-5-9-7;3-1(4,5)14(10,11)9-15(12,13)2(6,7)8/h1-5H,(H,8,9);9H. The first-order valence-electron chi connectivity index (χ1n) is 5.46. The molecular weight excluding hydrogens is 392 g/mol. The summed E-state index contributed by atoms with van der Waals surface area (Å²) in [7, 11) is -13.2. The van der Waals surface area contributed by atoms with Crippen molar-refractivity contribution in [2.24, 2.45) is 0 Å². The van der Waals surface area contributed by atoms with Crippen molar-refractivity contribution in [3.8, 4) is 0 Å². The molecule has 1 aromatic heterocycles. The number of aromatic amines is 1. The zero-order valence-electron chi connectivity index (χ0n) is 11.1. The number of alkyl halides is 6. The van der Waals surface area contributed by atoms with E-state index in [1.165, 1.54) is 0 Å². The third-order valence-electron chi connectivity index (χ3n) is 2.16. The Balaban J connectivity index is 0.000000267. The lowest BCUT2D eigenvalue weighted by Gasteiger charge is -2.11. The second-order valence-electron chi connectivity index (χ2n) is 3.90. The number of nitrogens with zero attached hydrogens (tertiary/aromatic N) is 1. The number of hydrogen-bond acceptors (Lipinski definition) is 5. The van der Waals surface area contributed by atoms with E-state index in [-0.39, 0.29) is 0 Å². The largest absolute Gasteiger partial charge is 0.512 e. The molecule has 0 radical (unpaired) electrons. The first kappa shape index (κ1) is 20.2. The summed E-state index contributed by atoms with van der Waals surface area (Å²) in [6.45, 7) is 0. The fourth-order valence-electron chi connectivity index (χ4n) is 1.12. The van der Waals surface area contributed by atoms with E-state index in [4.69, 9.17) is 0 Å². The number of fused-ring (bicyclic) bond motifs is 1. The average Bonchev–Trinajstić information content (AvgIpc) is 2.83. The van der Waals surface area contributed by atoms with Gasteiger partial charge in [-0.25, -0.2) is 21.8 Å². The number of imidazole rings is 1. The van der Waals surface area contributed by atoms with E-state index in [2.05, 4.69) is 9.97 Å². The molecule has 0 bridgehead atoms. The molecule has 2 aromatic rings. The number of para-hydroxylation sites is 2. The van der Waals surface area contributed by atoms with Crippen molar-refractivity contribution in [3.63, 3.8) is 0 Å².